The maximum Gasteiger partial charge on any atom is 0.336 e. The molecule has 0 saturated carbocycles. The third-order valence-electron chi connectivity index (χ3n) is 1.60. The van der Waals surface area contributed by atoms with Crippen LogP contribution in [0.3, 0.4) is 0 Å². The molecule has 0 aromatic heterocycles. The number of rotatable bonds is 8. The first-order valence-electron chi connectivity index (χ1n) is 5.43. The van der Waals surface area contributed by atoms with Crippen LogP contribution in [0.1, 0.15) is 27.7 Å². The van der Waals surface area contributed by atoms with Crippen LogP contribution in [-0.2, 0) is 13.6 Å². The largest absolute Gasteiger partial charge is 0.411 e. The first-order valence-corrected chi connectivity index (χ1v) is 7.16. The summed E-state index contributed by atoms with van der Waals surface area (Å²) in [6.07, 6.45) is 1.14. The van der Waals surface area contributed by atoms with E-state index >= 15 is 0 Å². The molecule has 0 aliphatic heterocycles. The Kier molecular flexibility index (Phi) is 7.64. The summed E-state index contributed by atoms with van der Waals surface area (Å²) < 4.78 is 22.7. The molecule has 0 unspecified atom stereocenters. The van der Waals surface area contributed by atoms with Gasteiger partial charge < -0.3 is 14.3 Å². The second kappa shape index (κ2) is 7.82. The fourth-order valence-corrected chi connectivity index (χ4v) is 2.41. The Morgan fingerprint density at radius 3 is 1.94 bits per heavy atom. The molecule has 6 heteroatoms. The molecular weight excluding hydrogens is 229 g/mol. The average Bonchev–Trinajstić information content (AvgIpc) is 2.21. The minimum absolute atomic E-state index is 0.00292. The summed E-state index contributed by atoms with van der Waals surface area (Å²) in [5.41, 5.74) is 0. The third-order valence-corrected chi connectivity index (χ3v) is 3.29. The quantitative estimate of drug-likeness (QED) is 0.311. The second-order valence-corrected chi connectivity index (χ2v) is 6.57. The van der Waals surface area contributed by atoms with Gasteiger partial charge in [-0.1, -0.05) is 27.7 Å². The topological polar surface area (TPSA) is 68.1 Å². The number of hydrogen-bond donors (Lipinski definition) is 1. The van der Waals surface area contributed by atoms with Gasteiger partial charge in [0.15, 0.2) is 0 Å². The van der Waals surface area contributed by atoms with Crippen LogP contribution in [-0.4, -0.2) is 30.8 Å². The van der Waals surface area contributed by atoms with Crippen LogP contribution in [0, 0.1) is 11.8 Å². The molecule has 0 aromatic rings. The monoisotopic (exact) mass is 251 g/mol. The van der Waals surface area contributed by atoms with E-state index in [1.165, 1.54) is 0 Å². The molecule has 0 bridgehead atoms. The van der Waals surface area contributed by atoms with Gasteiger partial charge >= 0.3 is 7.60 Å². The van der Waals surface area contributed by atoms with Crippen molar-refractivity contribution in [3.63, 3.8) is 0 Å². The highest BCUT2D eigenvalue weighted by Gasteiger charge is 2.24. The summed E-state index contributed by atoms with van der Waals surface area (Å²) in [5, 5.41) is 11.1. The van der Waals surface area contributed by atoms with Crippen molar-refractivity contribution < 1.29 is 18.8 Å². The van der Waals surface area contributed by atoms with Gasteiger partial charge in [-0.25, -0.2) is 0 Å². The maximum atomic E-state index is 12.1. The van der Waals surface area contributed by atoms with E-state index in [4.69, 9.17) is 14.3 Å². The van der Waals surface area contributed by atoms with Gasteiger partial charge in [0.1, 0.15) is 0 Å². The van der Waals surface area contributed by atoms with E-state index in [2.05, 4.69) is 5.16 Å². The Morgan fingerprint density at radius 1 is 1.19 bits per heavy atom. The molecule has 0 radical (unpaired) electrons. The first kappa shape index (κ1) is 15.6. The molecule has 0 saturated heterocycles. The molecule has 16 heavy (non-hydrogen) atoms. The van der Waals surface area contributed by atoms with E-state index in [0.717, 1.165) is 6.21 Å². The standard InChI is InChI=1S/C10H22NO4P/c1-9(2)7-14-16(13,6-5-11-12)15-8-10(3)4/h5,9-10,12H,6-8H2,1-4H3. The first-order chi connectivity index (χ1) is 7.39. The SMILES string of the molecule is CC(C)COP(=O)(CC=NO)OCC(C)C. The smallest absolute Gasteiger partial charge is 0.336 e. The van der Waals surface area contributed by atoms with Crippen LogP contribution in [0.4, 0.5) is 0 Å². The lowest BCUT2D eigenvalue weighted by atomic mass is 10.2. The summed E-state index contributed by atoms with van der Waals surface area (Å²) in [4.78, 5) is 0. The van der Waals surface area contributed by atoms with E-state index < -0.39 is 7.60 Å². The Balaban J connectivity index is 4.30. The van der Waals surface area contributed by atoms with Crippen molar-refractivity contribution in [2.75, 3.05) is 19.4 Å². The van der Waals surface area contributed by atoms with Crippen molar-refractivity contribution in [1.29, 1.82) is 0 Å². The van der Waals surface area contributed by atoms with Gasteiger partial charge in [-0.15, -0.1) is 5.16 Å². The van der Waals surface area contributed by atoms with Gasteiger partial charge in [0.05, 0.1) is 25.6 Å². The summed E-state index contributed by atoms with van der Waals surface area (Å²) in [6, 6.07) is 0. The van der Waals surface area contributed by atoms with Crippen LogP contribution in [0.5, 0.6) is 0 Å². The normalized spacial score (nSPS) is 13.1. The van der Waals surface area contributed by atoms with Gasteiger partial charge in [-0.2, -0.15) is 0 Å². The zero-order valence-corrected chi connectivity index (χ0v) is 11.3. The van der Waals surface area contributed by atoms with Crippen LogP contribution in [0.25, 0.3) is 0 Å². The molecule has 0 aliphatic rings. The Bertz CT molecular complexity index is 237. The maximum absolute atomic E-state index is 12.1. The number of oxime groups is 1. The Labute approximate surface area is 97.4 Å². The van der Waals surface area contributed by atoms with Crippen molar-refractivity contribution in [3.05, 3.63) is 0 Å². The van der Waals surface area contributed by atoms with Crippen LogP contribution in [0.2, 0.25) is 0 Å². The summed E-state index contributed by atoms with van der Waals surface area (Å²) in [7, 11) is -3.15. The minimum Gasteiger partial charge on any atom is -0.411 e. The van der Waals surface area contributed by atoms with Crippen molar-refractivity contribution in [1.82, 2.24) is 0 Å². The summed E-state index contributed by atoms with van der Waals surface area (Å²) in [6.45, 7) is 8.60. The molecule has 96 valence electrons. The van der Waals surface area contributed by atoms with E-state index in [-0.39, 0.29) is 18.0 Å². The molecule has 0 spiro atoms. The van der Waals surface area contributed by atoms with Crippen molar-refractivity contribution in [2.45, 2.75) is 27.7 Å². The highest BCUT2D eigenvalue weighted by Crippen LogP contribution is 2.47. The van der Waals surface area contributed by atoms with Gasteiger partial charge in [0.2, 0.25) is 0 Å². The van der Waals surface area contributed by atoms with Gasteiger partial charge in [0, 0.05) is 0 Å². The van der Waals surface area contributed by atoms with Gasteiger partial charge in [0.25, 0.3) is 0 Å². The fourth-order valence-electron chi connectivity index (χ4n) is 0.804. The van der Waals surface area contributed by atoms with Gasteiger partial charge in [-0.05, 0) is 11.8 Å². The Morgan fingerprint density at radius 2 is 1.62 bits per heavy atom. The van der Waals surface area contributed by atoms with Crippen molar-refractivity contribution in [2.24, 2.45) is 17.0 Å². The van der Waals surface area contributed by atoms with E-state index in [1.54, 1.807) is 0 Å². The lowest BCUT2D eigenvalue weighted by Crippen LogP contribution is -2.09. The van der Waals surface area contributed by atoms with E-state index in [0.29, 0.717) is 13.2 Å². The number of hydrogen-bond acceptors (Lipinski definition) is 5. The van der Waals surface area contributed by atoms with Gasteiger partial charge in [-0.3, -0.25) is 4.57 Å². The molecule has 0 fully saturated rings. The molecule has 0 aromatic carbocycles. The molecule has 0 atom stereocenters. The average molecular weight is 251 g/mol. The van der Waals surface area contributed by atoms with Crippen LogP contribution in [0.15, 0.2) is 5.16 Å². The molecule has 0 rings (SSSR count). The van der Waals surface area contributed by atoms with Crippen molar-refractivity contribution >= 4 is 13.8 Å². The minimum atomic E-state index is -3.15. The van der Waals surface area contributed by atoms with E-state index in [9.17, 15) is 4.57 Å². The molecular formula is C10H22NO4P. The molecule has 0 aliphatic carbocycles. The van der Waals surface area contributed by atoms with E-state index in [1.807, 2.05) is 27.7 Å². The third kappa shape index (κ3) is 7.85. The van der Waals surface area contributed by atoms with Crippen LogP contribution < -0.4 is 0 Å². The lowest BCUT2D eigenvalue weighted by Gasteiger charge is -2.19. The fraction of sp³-hybridized carbons (Fsp3) is 0.900. The van der Waals surface area contributed by atoms with Crippen molar-refractivity contribution in [3.8, 4) is 0 Å². The predicted molar refractivity (Wildman–Crippen MR) is 64.3 cm³/mol. The predicted octanol–water partition coefficient (Wildman–Crippen LogP) is 2.98. The molecule has 0 amide bonds. The lowest BCUT2D eigenvalue weighted by molar-refractivity contribution is 0.175. The molecule has 0 heterocycles. The summed E-state index contributed by atoms with van der Waals surface area (Å²) in [5.74, 6) is 0.559. The van der Waals surface area contributed by atoms with Crippen LogP contribution >= 0.6 is 7.60 Å². The second-order valence-electron chi connectivity index (χ2n) is 4.47. The molecule has 1 N–H and O–H groups in total. The molecule has 5 nitrogen and oxygen atoms in total. The highest BCUT2D eigenvalue weighted by atomic mass is 31.2. The zero-order valence-electron chi connectivity index (χ0n) is 10.4. The Hall–Kier alpha value is -0.380. The number of nitrogens with zero attached hydrogens (tertiary/aromatic N) is 1. The summed E-state index contributed by atoms with van der Waals surface area (Å²) >= 11 is 0. The highest BCUT2D eigenvalue weighted by molar-refractivity contribution is 7.54. The zero-order chi connectivity index (χ0) is 12.6.